The number of hydrogen-bond acceptors (Lipinski definition) is 5. The number of aliphatic hydroxyl groups excluding tert-OH is 1. The molecule has 156 valence electrons. The minimum absolute atomic E-state index is 0.00165. The molecule has 2 aromatic carbocycles. The summed E-state index contributed by atoms with van der Waals surface area (Å²) < 4.78 is 5.93. The van der Waals surface area contributed by atoms with Gasteiger partial charge >= 0.3 is 0 Å². The quantitative estimate of drug-likeness (QED) is 0.698. The number of aromatic hydroxyl groups is 1. The smallest absolute Gasteiger partial charge is 0.166 e. The molecule has 1 saturated heterocycles. The Labute approximate surface area is 172 Å². The van der Waals surface area contributed by atoms with Crippen molar-refractivity contribution in [1.82, 2.24) is 4.90 Å². The van der Waals surface area contributed by atoms with E-state index in [9.17, 15) is 15.0 Å². The van der Waals surface area contributed by atoms with E-state index in [2.05, 4.69) is 17.9 Å². The molecular weight excluding hydrogens is 366 g/mol. The van der Waals surface area contributed by atoms with Crippen LogP contribution >= 0.6 is 0 Å². The maximum Gasteiger partial charge on any atom is 0.166 e. The fourth-order valence-corrected chi connectivity index (χ4v) is 3.92. The molecule has 0 saturated carbocycles. The Morgan fingerprint density at radius 3 is 2.34 bits per heavy atom. The highest BCUT2D eigenvalue weighted by Gasteiger charge is 2.26. The standard InChI is InChI=1S/C24H31NO4/c1-16-4-5-17(2)24(18(16)3)29-15-22(27)14-25-12-10-20(11-13-25)23(28)19-6-8-21(26)9-7-19/h4-9,20,22,26-27H,10-15H2,1-3H3. The van der Waals surface area contributed by atoms with Gasteiger partial charge in [-0.1, -0.05) is 12.1 Å². The molecule has 1 heterocycles. The summed E-state index contributed by atoms with van der Waals surface area (Å²) in [6.07, 6.45) is 0.992. The average Bonchev–Trinajstić information content (AvgIpc) is 2.71. The van der Waals surface area contributed by atoms with E-state index in [4.69, 9.17) is 4.74 Å². The second-order valence-electron chi connectivity index (χ2n) is 8.10. The lowest BCUT2D eigenvalue weighted by atomic mass is 9.89. The summed E-state index contributed by atoms with van der Waals surface area (Å²) in [6, 6.07) is 10.6. The van der Waals surface area contributed by atoms with E-state index < -0.39 is 6.10 Å². The van der Waals surface area contributed by atoms with Gasteiger partial charge in [-0.25, -0.2) is 0 Å². The Kier molecular flexibility index (Phi) is 6.93. The van der Waals surface area contributed by atoms with Gasteiger partial charge in [0.05, 0.1) is 0 Å². The molecule has 0 aliphatic carbocycles. The second kappa shape index (κ2) is 9.42. The number of carbonyl (C=O) groups excluding carboxylic acids is 1. The van der Waals surface area contributed by atoms with Crippen molar-refractivity contribution < 1.29 is 19.7 Å². The first kappa shape index (κ1) is 21.3. The second-order valence-corrected chi connectivity index (χ2v) is 8.10. The number of Topliss-reactive ketones (excluding diaryl/α,β-unsaturated/α-hetero) is 1. The lowest BCUT2D eigenvalue weighted by Crippen LogP contribution is -2.42. The van der Waals surface area contributed by atoms with Gasteiger partial charge in [-0.3, -0.25) is 4.79 Å². The molecule has 29 heavy (non-hydrogen) atoms. The zero-order valence-electron chi connectivity index (χ0n) is 17.5. The highest BCUT2D eigenvalue weighted by molar-refractivity contribution is 5.98. The van der Waals surface area contributed by atoms with Crippen LogP contribution in [-0.4, -0.2) is 53.2 Å². The van der Waals surface area contributed by atoms with Crippen molar-refractivity contribution in [3.63, 3.8) is 0 Å². The van der Waals surface area contributed by atoms with Crippen molar-refractivity contribution in [2.24, 2.45) is 5.92 Å². The van der Waals surface area contributed by atoms with Gasteiger partial charge in [0, 0.05) is 18.0 Å². The van der Waals surface area contributed by atoms with Crippen molar-refractivity contribution in [1.29, 1.82) is 0 Å². The lowest BCUT2D eigenvalue weighted by Gasteiger charge is -2.32. The third kappa shape index (κ3) is 5.37. The Hall–Kier alpha value is -2.37. The van der Waals surface area contributed by atoms with Gasteiger partial charge in [0.1, 0.15) is 24.2 Å². The van der Waals surface area contributed by atoms with Crippen LogP contribution in [0.1, 0.15) is 39.9 Å². The van der Waals surface area contributed by atoms with Crippen LogP contribution in [0.3, 0.4) is 0 Å². The molecule has 0 bridgehead atoms. The molecule has 5 heteroatoms. The SMILES string of the molecule is Cc1ccc(C)c(OCC(O)CN2CCC(C(=O)c3ccc(O)cc3)CC2)c1C. The molecule has 0 spiro atoms. The van der Waals surface area contributed by atoms with E-state index in [0.29, 0.717) is 12.1 Å². The third-order valence-corrected chi connectivity index (χ3v) is 5.87. The predicted molar refractivity (Wildman–Crippen MR) is 114 cm³/mol. The predicted octanol–water partition coefficient (Wildman–Crippen LogP) is 3.65. The number of piperidine rings is 1. The van der Waals surface area contributed by atoms with Crippen LogP contribution in [0.4, 0.5) is 0 Å². The summed E-state index contributed by atoms with van der Waals surface area (Å²) in [5.74, 6) is 1.17. The molecule has 1 fully saturated rings. The normalized spacial score (nSPS) is 16.6. The maximum atomic E-state index is 12.6. The monoisotopic (exact) mass is 397 g/mol. The van der Waals surface area contributed by atoms with Gasteiger partial charge in [0.25, 0.3) is 0 Å². The summed E-state index contributed by atoms with van der Waals surface area (Å²) in [7, 11) is 0. The van der Waals surface area contributed by atoms with E-state index in [0.717, 1.165) is 42.8 Å². The molecule has 2 N–H and O–H groups in total. The highest BCUT2D eigenvalue weighted by Crippen LogP contribution is 2.26. The van der Waals surface area contributed by atoms with Crippen LogP contribution in [0, 0.1) is 26.7 Å². The fraction of sp³-hybridized carbons (Fsp3) is 0.458. The molecule has 0 amide bonds. The number of hydrogen-bond donors (Lipinski definition) is 2. The molecule has 3 rings (SSSR count). The van der Waals surface area contributed by atoms with Crippen LogP contribution < -0.4 is 4.74 Å². The molecule has 1 atom stereocenters. The maximum absolute atomic E-state index is 12.6. The fourth-order valence-electron chi connectivity index (χ4n) is 3.92. The first-order valence-corrected chi connectivity index (χ1v) is 10.3. The summed E-state index contributed by atoms with van der Waals surface area (Å²) in [5, 5.41) is 19.8. The molecule has 0 radical (unpaired) electrons. The molecule has 1 unspecified atom stereocenters. The highest BCUT2D eigenvalue weighted by atomic mass is 16.5. The Bertz CT molecular complexity index is 839. The van der Waals surface area contributed by atoms with E-state index in [1.54, 1.807) is 24.3 Å². The van der Waals surface area contributed by atoms with Crippen molar-refractivity contribution in [2.75, 3.05) is 26.2 Å². The number of carbonyl (C=O) groups is 1. The number of likely N-dealkylation sites (tertiary alicyclic amines) is 1. The molecule has 2 aromatic rings. The van der Waals surface area contributed by atoms with Crippen molar-refractivity contribution in [2.45, 2.75) is 39.7 Å². The zero-order chi connectivity index (χ0) is 21.0. The van der Waals surface area contributed by atoms with Gasteiger partial charge in [-0.2, -0.15) is 0 Å². The van der Waals surface area contributed by atoms with Crippen LogP contribution in [0.25, 0.3) is 0 Å². The number of β-amino-alcohol motifs (C(OH)–C–C–N with tert-alkyl or cyclic N) is 1. The number of ketones is 1. The van der Waals surface area contributed by atoms with Crippen molar-refractivity contribution in [3.8, 4) is 11.5 Å². The van der Waals surface area contributed by atoms with Gasteiger partial charge in [-0.05, 0) is 87.7 Å². The Morgan fingerprint density at radius 2 is 1.69 bits per heavy atom. The Balaban J connectivity index is 1.46. The molecule has 1 aliphatic rings. The largest absolute Gasteiger partial charge is 0.508 e. The third-order valence-electron chi connectivity index (χ3n) is 5.87. The first-order valence-electron chi connectivity index (χ1n) is 10.3. The minimum Gasteiger partial charge on any atom is -0.508 e. The number of ether oxygens (including phenoxy) is 1. The first-order chi connectivity index (χ1) is 13.8. The minimum atomic E-state index is -0.571. The molecular formula is C24H31NO4. The van der Waals surface area contributed by atoms with Crippen LogP contribution in [0.15, 0.2) is 36.4 Å². The van der Waals surface area contributed by atoms with E-state index in [-0.39, 0.29) is 24.1 Å². The molecule has 5 nitrogen and oxygen atoms in total. The Morgan fingerprint density at radius 1 is 1.07 bits per heavy atom. The van der Waals surface area contributed by atoms with Gasteiger partial charge in [0.2, 0.25) is 0 Å². The van der Waals surface area contributed by atoms with Crippen LogP contribution in [0.2, 0.25) is 0 Å². The van der Waals surface area contributed by atoms with E-state index >= 15 is 0 Å². The van der Waals surface area contributed by atoms with Gasteiger partial charge in [0.15, 0.2) is 5.78 Å². The number of aryl methyl sites for hydroxylation is 2. The van der Waals surface area contributed by atoms with E-state index in [1.807, 2.05) is 19.9 Å². The summed E-state index contributed by atoms with van der Waals surface area (Å²) in [5.41, 5.74) is 4.03. The van der Waals surface area contributed by atoms with E-state index in [1.165, 1.54) is 5.56 Å². The van der Waals surface area contributed by atoms with Gasteiger partial charge in [-0.15, -0.1) is 0 Å². The number of nitrogens with zero attached hydrogens (tertiary/aromatic N) is 1. The number of phenolic OH excluding ortho intramolecular Hbond substituents is 1. The topological polar surface area (TPSA) is 70.0 Å². The van der Waals surface area contributed by atoms with Crippen LogP contribution in [0.5, 0.6) is 11.5 Å². The average molecular weight is 398 g/mol. The number of rotatable bonds is 7. The molecule has 1 aliphatic heterocycles. The zero-order valence-corrected chi connectivity index (χ0v) is 17.5. The van der Waals surface area contributed by atoms with Gasteiger partial charge < -0.3 is 19.8 Å². The number of phenols is 1. The summed E-state index contributed by atoms with van der Waals surface area (Å²) in [6.45, 7) is 8.50. The summed E-state index contributed by atoms with van der Waals surface area (Å²) in [4.78, 5) is 14.8. The van der Waals surface area contributed by atoms with Crippen molar-refractivity contribution >= 4 is 5.78 Å². The molecule has 0 aromatic heterocycles. The summed E-state index contributed by atoms with van der Waals surface area (Å²) >= 11 is 0. The van der Waals surface area contributed by atoms with Crippen LogP contribution in [-0.2, 0) is 0 Å². The number of benzene rings is 2. The number of aliphatic hydroxyl groups is 1. The van der Waals surface area contributed by atoms with Crippen molar-refractivity contribution in [3.05, 3.63) is 58.7 Å². The lowest BCUT2D eigenvalue weighted by molar-refractivity contribution is 0.0521.